The molecule has 0 amide bonds. The van der Waals surface area contributed by atoms with E-state index in [4.69, 9.17) is 11.6 Å². The summed E-state index contributed by atoms with van der Waals surface area (Å²) in [5.41, 5.74) is 1.74. The highest BCUT2D eigenvalue weighted by Crippen LogP contribution is 2.43. The van der Waals surface area contributed by atoms with Crippen LogP contribution in [0.25, 0.3) is 0 Å². The van der Waals surface area contributed by atoms with Crippen molar-refractivity contribution < 1.29 is 5.11 Å². The molecule has 0 heterocycles. The van der Waals surface area contributed by atoms with Crippen LogP contribution >= 0.6 is 11.6 Å². The van der Waals surface area contributed by atoms with E-state index in [9.17, 15) is 5.11 Å². The van der Waals surface area contributed by atoms with Crippen LogP contribution in [0.3, 0.4) is 0 Å². The fraction of sp³-hybridized carbons (Fsp3) is 0.478. The Hall–Kier alpha value is -1.35. The largest absolute Gasteiger partial charge is 0.389 e. The van der Waals surface area contributed by atoms with Crippen molar-refractivity contribution in [1.82, 2.24) is 4.90 Å². The first-order chi connectivity index (χ1) is 12.5. The minimum Gasteiger partial charge on any atom is -0.389 e. The lowest BCUT2D eigenvalue weighted by atomic mass is 9.64. The average molecular weight is 372 g/mol. The third kappa shape index (κ3) is 4.68. The van der Waals surface area contributed by atoms with Crippen LogP contribution in [0.4, 0.5) is 0 Å². The molecular formula is C23H30ClNO. The zero-order valence-electron chi connectivity index (χ0n) is 15.9. The summed E-state index contributed by atoms with van der Waals surface area (Å²) >= 11 is 6.20. The summed E-state index contributed by atoms with van der Waals surface area (Å²) in [6.45, 7) is 0.919. The number of rotatable bonds is 6. The molecule has 0 spiro atoms. The number of hydrogen-bond donors (Lipinski definition) is 1. The maximum Gasteiger partial charge on any atom is 0.0759 e. The average Bonchev–Trinajstić information content (AvgIpc) is 2.59. The Kier molecular flexibility index (Phi) is 6.39. The minimum atomic E-state index is -0.705. The molecule has 1 N–H and O–H groups in total. The Morgan fingerprint density at radius 3 is 2.38 bits per heavy atom. The molecule has 2 aromatic rings. The van der Waals surface area contributed by atoms with Crippen molar-refractivity contribution in [3.8, 4) is 0 Å². The molecule has 3 rings (SSSR count). The van der Waals surface area contributed by atoms with Gasteiger partial charge in [0.15, 0.2) is 0 Å². The second kappa shape index (κ2) is 8.56. The van der Waals surface area contributed by atoms with Crippen molar-refractivity contribution in [2.75, 3.05) is 20.6 Å². The molecule has 3 unspecified atom stereocenters. The van der Waals surface area contributed by atoms with E-state index >= 15 is 0 Å². The SMILES string of the molecule is CN(C)CC1CCCC(Cc2ccccc2)C1(O)Cc1cccc(Cl)c1. The Morgan fingerprint density at radius 1 is 1.00 bits per heavy atom. The first kappa shape index (κ1) is 19.4. The van der Waals surface area contributed by atoms with E-state index in [1.54, 1.807) is 0 Å². The second-order valence-corrected chi connectivity index (χ2v) is 8.51. The van der Waals surface area contributed by atoms with Gasteiger partial charge in [0.2, 0.25) is 0 Å². The van der Waals surface area contributed by atoms with Gasteiger partial charge >= 0.3 is 0 Å². The molecule has 0 aromatic heterocycles. The predicted molar refractivity (Wildman–Crippen MR) is 110 cm³/mol. The van der Waals surface area contributed by atoms with E-state index in [2.05, 4.69) is 55.4 Å². The molecule has 1 aliphatic carbocycles. The van der Waals surface area contributed by atoms with Crippen molar-refractivity contribution in [1.29, 1.82) is 0 Å². The summed E-state index contributed by atoms with van der Waals surface area (Å²) in [5.74, 6) is 0.543. The Balaban J connectivity index is 1.89. The number of aliphatic hydroxyl groups is 1. The maximum atomic E-state index is 12.0. The molecule has 140 valence electrons. The Morgan fingerprint density at radius 2 is 1.69 bits per heavy atom. The smallest absolute Gasteiger partial charge is 0.0759 e. The lowest BCUT2D eigenvalue weighted by Crippen LogP contribution is -2.53. The molecule has 1 saturated carbocycles. The van der Waals surface area contributed by atoms with Crippen molar-refractivity contribution >= 4 is 11.6 Å². The highest BCUT2D eigenvalue weighted by Gasteiger charge is 2.46. The molecule has 0 saturated heterocycles. The van der Waals surface area contributed by atoms with Gasteiger partial charge in [-0.25, -0.2) is 0 Å². The quantitative estimate of drug-likeness (QED) is 0.785. The summed E-state index contributed by atoms with van der Waals surface area (Å²) < 4.78 is 0. The van der Waals surface area contributed by atoms with Gasteiger partial charge in [0.05, 0.1) is 5.60 Å². The molecule has 26 heavy (non-hydrogen) atoms. The first-order valence-electron chi connectivity index (χ1n) is 9.63. The predicted octanol–water partition coefficient (Wildman–Crippen LogP) is 4.83. The van der Waals surface area contributed by atoms with E-state index in [0.717, 1.165) is 36.4 Å². The molecule has 2 nitrogen and oxygen atoms in total. The van der Waals surface area contributed by atoms with Gasteiger partial charge in [-0.2, -0.15) is 0 Å². The van der Waals surface area contributed by atoms with Gasteiger partial charge in [-0.1, -0.05) is 60.5 Å². The van der Waals surface area contributed by atoms with Crippen LogP contribution in [0.1, 0.15) is 30.4 Å². The zero-order valence-corrected chi connectivity index (χ0v) is 16.6. The summed E-state index contributed by atoms with van der Waals surface area (Å²) in [4.78, 5) is 2.21. The van der Waals surface area contributed by atoms with Crippen molar-refractivity contribution in [3.63, 3.8) is 0 Å². The van der Waals surface area contributed by atoms with E-state index in [-0.39, 0.29) is 11.8 Å². The van der Waals surface area contributed by atoms with Crippen LogP contribution in [0.2, 0.25) is 5.02 Å². The normalized spacial score (nSPS) is 26.2. The first-order valence-corrected chi connectivity index (χ1v) is 10.0. The topological polar surface area (TPSA) is 23.5 Å². The van der Waals surface area contributed by atoms with Crippen LogP contribution < -0.4 is 0 Å². The Labute approximate surface area is 162 Å². The lowest BCUT2D eigenvalue weighted by molar-refractivity contribution is -0.0997. The molecule has 2 aromatic carbocycles. The molecule has 0 aliphatic heterocycles. The summed E-state index contributed by atoms with van der Waals surface area (Å²) in [5, 5.41) is 12.7. The second-order valence-electron chi connectivity index (χ2n) is 8.07. The third-order valence-electron chi connectivity index (χ3n) is 5.81. The van der Waals surface area contributed by atoms with Gasteiger partial charge in [0.25, 0.3) is 0 Å². The monoisotopic (exact) mass is 371 g/mol. The highest BCUT2D eigenvalue weighted by atomic mass is 35.5. The standard InChI is InChI=1S/C23H30ClNO/c1-25(2)17-21-12-7-11-20(14-18-8-4-3-5-9-18)23(21,26)16-19-10-6-13-22(24)15-19/h3-6,8-10,13,15,20-21,26H,7,11-12,14,16-17H2,1-2H3. The van der Waals surface area contributed by atoms with Crippen molar-refractivity contribution in [3.05, 3.63) is 70.7 Å². The maximum absolute atomic E-state index is 12.0. The van der Waals surface area contributed by atoms with Gasteiger partial charge < -0.3 is 10.0 Å². The number of halogens is 1. The van der Waals surface area contributed by atoms with Gasteiger partial charge in [-0.15, -0.1) is 0 Å². The number of hydrogen-bond acceptors (Lipinski definition) is 2. The van der Waals surface area contributed by atoms with E-state index in [1.807, 2.05) is 18.2 Å². The van der Waals surface area contributed by atoms with Crippen molar-refractivity contribution in [2.24, 2.45) is 11.8 Å². The van der Waals surface area contributed by atoms with Crippen LogP contribution in [-0.2, 0) is 12.8 Å². The molecule has 0 radical (unpaired) electrons. The molecule has 3 heteroatoms. The van der Waals surface area contributed by atoms with Crippen molar-refractivity contribution in [2.45, 2.75) is 37.7 Å². The molecule has 1 aliphatic rings. The summed E-state index contributed by atoms with van der Waals surface area (Å²) in [6.07, 6.45) is 4.95. The van der Waals surface area contributed by atoms with E-state index in [1.165, 1.54) is 12.0 Å². The number of nitrogens with zero attached hydrogens (tertiary/aromatic N) is 1. The minimum absolute atomic E-state index is 0.266. The van der Waals surface area contributed by atoms with E-state index < -0.39 is 5.60 Å². The van der Waals surface area contributed by atoms with Gasteiger partial charge in [-0.3, -0.25) is 0 Å². The van der Waals surface area contributed by atoms with E-state index in [0.29, 0.717) is 6.42 Å². The lowest BCUT2D eigenvalue weighted by Gasteiger charge is -2.47. The molecule has 3 atom stereocenters. The molecule has 1 fully saturated rings. The van der Waals surface area contributed by atoms with Gasteiger partial charge in [-0.05, 0) is 62.5 Å². The van der Waals surface area contributed by atoms with Crippen LogP contribution in [-0.4, -0.2) is 36.2 Å². The summed E-state index contributed by atoms with van der Waals surface area (Å²) in [6, 6.07) is 18.6. The molecule has 0 bridgehead atoms. The highest BCUT2D eigenvalue weighted by molar-refractivity contribution is 6.30. The fourth-order valence-electron chi connectivity index (χ4n) is 4.57. The van der Waals surface area contributed by atoms with Gasteiger partial charge in [0, 0.05) is 23.9 Å². The van der Waals surface area contributed by atoms with Crippen LogP contribution in [0.5, 0.6) is 0 Å². The third-order valence-corrected chi connectivity index (χ3v) is 6.04. The number of benzene rings is 2. The Bertz CT molecular complexity index is 702. The van der Waals surface area contributed by atoms with Crippen LogP contribution in [0.15, 0.2) is 54.6 Å². The molecular weight excluding hydrogens is 342 g/mol. The summed E-state index contributed by atoms with van der Waals surface area (Å²) in [7, 11) is 4.20. The van der Waals surface area contributed by atoms with Crippen LogP contribution in [0, 0.1) is 11.8 Å². The van der Waals surface area contributed by atoms with Gasteiger partial charge in [0.1, 0.15) is 0 Å². The zero-order chi connectivity index (χ0) is 18.6. The fourth-order valence-corrected chi connectivity index (χ4v) is 4.79.